The zero-order valence-electron chi connectivity index (χ0n) is 13.5. The highest BCUT2D eigenvalue weighted by atomic mass is 16.5. The molecule has 1 fully saturated rings. The Morgan fingerprint density at radius 3 is 2.60 bits per heavy atom. The summed E-state index contributed by atoms with van der Waals surface area (Å²) in [5.74, 6) is 0.946. The maximum absolute atomic E-state index is 11.5. The molecule has 0 aliphatic carbocycles. The van der Waals surface area contributed by atoms with E-state index in [-0.39, 0.29) is 11.8 Å². The first kappa shape index (κ1) is 17.4. The highest BCUT2D eigenvalue weighted by Crippen LogP contribution is 2.16. The van der Waals surface area contributed by atoms with Gasteiger partial charge in [0.25, 0.3) is 0 Å². The molecule has 1 aliphatic rings. The first-order chi connectivity index (χ1) is 9.63. The van der Waals surface area contributed by atoms with Crippen LogP contribution in [0.2, 0.25) is 0 Å². The van der Waals surface area contributed by atoms with Gasteiger partial charge in [-0.2, -0.15) is 0 Å². The Balaban J connectivity index is 2.03. The highest BCUT2D eigenvalue weighted by Gasteiger charge is 2.19. The topological polar surface area (TPSA) is 41.6 Å². The Kier molecular flexibility index (Phi) is 8.86. The minimum atomic E-state index is 0.0976. The maximum atomic E-state index is 11.5. The molecule has 0 aromatic heterocycles. The average Bonchev–Trinajstić information content (AvgIpc) is 2.45. The van der Waals surface area contributed by atoms with Crippen molar-refractivity contribution >= 4 is 5.91 Å². The largest absolute Gasteiger partial charge is 0.382 e. The molecule has 1 heterocycles. The number of hydrogen-bond donors (Lipinski definition) is 1. The lowest BCUT2D eigenvalue weighted by Gasteiger charge is -2.32. The molecule has 0 atom stereocenters. The number of nitrogens with one attached hydrogen (secondary N) is 1. The summed E-state index contributed by atoms with van der Waals surface area (Å²) >= 11 is 0. The van der Waals surface area contributed by atoms with E-state index in [0.717, 1.165) is 26.2 Å². The van der Waals surface area contributed by atoms with Gasteiger partial charge in [-0.15, -0.1) is 0 Å². The molecule has 4 heteroatoms. The van der Waals surface area contributed by atoms with Crippen molar-refractivity contribution in [3.63, 3.8) is 0 Å². The number of carbonyl (C=O) groups excluding carboxylic acids is 1. The van der Waals surface area contributed by atoms with E-state index in [1.807, 2.05) is 20.8 Å². The summed E-state index contributed by atoms with van der Waals surface area (Å²) in [6, 6.07) is 0. The van der Waals surface area contributed by atoms with Crippen LogP contribution in [0.25, 0.3) is 0 Å². The number of likely N-dealkylation sites (tertiary alicyclic amines) is 1. The standard InChI is InChI=1S/C16H32N2O2/c1-4-20-12-6-5-9-18-10-7-15(8-11-18)13-17-16(19)14(2)3/h14-15H,4-13H2,1-3H3,(H,17,19). The van der Waals surface area contributed by atoms with Crippen molar-refractivity contribution in [1.82, 2.24) is 10.2 Å². The van der Waals surface area contributed by atoms with Gasteiger partial charge in [-0.05, 0) is 58.2 Å². The van der Waals surface area contributed by atoms with Crippen LogP contribution in [0, 0.1) is 11.8 Å². The zero-order chi connectivity index (χ0) is 14.8. The molecule has 20 heavy (non-hydrogen) atoms. The lowest BCUT2D eigenvalue weighted by molar-refractivity contribution is -0.124. The van der Waals surface area contributed by atoms with E-state index in [9.17, 15) is 4.79 Å². The fourth-order valence-corrected chi connectivity index (χ4v) is 2.55. The minimum absolute atomic E-state index is 0.0976. The van der Waals surface area contributed by atoms with E-state index >= 15 is 0 Å². The fraction of sp³-hybridized carbons (Fsp3) is 0.938. The molecule has 0 radical (unpaired) electrons. The van der Waals surface area contributed by atoms with Crippen molar-refractivity contribution in [3.8, 4) is 0 Å². The molecular formula is C16H32N2O2. The molecule has 1 saturated heterocycles. The van der Waals surface area contributed by atoms with Crippen molar-refractivity contribution in [2.45, 2.75) is 46.5 Å². The predicted molar refractivity (Wildman–Crippen MR) is 82.7 cm³/mol. The van der Waals surface area contributed by atoms with Crippen LogP contribution in [0.1, 0.15) is 46.5 Å². The molecule has 0 aromatic carbocycles. The number of rotatable bonds is 9. The Bertz CT molecular complexity index is 261. The van der Waals surface area contributed by atoms with Gasteiger partial charge in [0.2, 0.25) is 5.91 Å². The van der Waals surface area contributed by atoms with E-state index < -0.39 is 0 Å². The molecule has 0 aromatic rings. The Morgan fingerprint density at radius 1 is 1.30 bits per heavy atom. The molecular weight excluding hydrogens is 252 g/mol. The highest BCUT2D eigenvalue weighted by molar-refractivity contribution is 5.77. The number of carbonyl (C=O) groups is 1. The predicted octanol–water partition coefficient (Wildman–Crippen LogP) is 2.29. The van der Waals surface area contributed by atoms with Crippen LogP contribution in [0.5, 0.6) is 0 Å². The average molecular weight is 284 g/mol. The zero-order valence-corrected chi connectivity index (χ0v) is 13.5. The van der Waals surface area contributed by atoms with Gasteiger partial charge in [0.05, 0.1) is 0 Å². The van der Waals surface area contributed by atoms with Gasteiger partial charge >= 0.3 is 0 Å². The lowest BCUT2D eigenvalue weighted by atomic mass is 9.96. The SMILES string of the molecule is CCOCCCCN1CCC(CNC(=O)C(C)C)CC1. The van der Waals surface area contributed by atoms with Crippen LogP contribution in [-0.2, 0) is 9.53 Å². The Hall–Kier alpha value is -0.610. The molecule has 1 aliphatic heterocycles. The van der Waals surface area contributed by atoms with Crippen LogP contribution in [0.4, 0.5) is 0 Å². The van der Waals surface area contributed by atoms with E-state index in [2.05, 4.69) is 10.2 Å². The lowest BCUT2D eigenvalue weighted by Crippen LogP contribution is -2.39. The number of nitrogens with zero attached hydrogens (tertiary/aromatic N) is 1. The second-order valence-electron chi connectivity index (χ2n) is 6.09. The summed E-state index contributed by atoms with van der Waals surface area (Å²) in [5, 5.41) is 3.06. The van der Waals surface area contributed by atoms with E-state index in [4.69, 9.17) is 4.74 Å². The molecule has 0 bridgehead atoms. The molecule has 1 amide bonds. The number of ether oxygens (including phenoxy) is 1. The second-order valence-corrected chi connectivity index (χ2v) is 6.09. The van der Waals surface area contributed by atoms with Crippen molar-refractivity contribution in [2.75, 3.05) is 39.4 Å². The second kappa shape index (κ2) is 10.2. The smallest absolute Gasteiger partial charge is 0.222 e. The molecule has 4 nitrogen and oxygen atoms in total. The van der Waals surface area contributed by atoms with Gasteiger partial charge in [0.1, 0.15) is 0 Å². The number of amides is 1. The third kappa shape index (κ3) is 7.25. The van der Waals surface area contributed by atoms with Gasteiger partial charge in [-0.25, -0.2) is 0 Å². The summed E-state index contributed by atoms with van der Waals surface area (Å²) in [7, 11) is 0. The summed E-state index contributed by atoms with van der Waals surface area (Å²) in [6.45, 7) is 12.1. The number of piperidine rings is 1. The molecule has 1 N–H and O–H groups in total. The van der Waals surface area contributed by atoms with Crippen molar-refractivity contribution < 1.29 is 9.53 Å². The number of hydrogen-bond acceptors (Lipinski definition) is 3. The van der Waals surface area contributed by atoms with E-state index in [1.165, 1.54) is 38.9 Å². The Labute approximate surface area is 124 Å². The van der Waals surface area contributed by atoms with Gasteiger partial charge < -0.3 is 15.0 Å². The van der Waals surface area contributed by atoms with Crippen LogP contribution >= 0.6 is 0 Å². The summed E-state index contributed by atoms with van der Waals surface area (Å²) in [5.41, 5.74) is 0. The fourth-order valence-electron chi connectivity index (χ4n) is 2.55. The van der Waals surface area contributed by atoms with Crippen molar-refractivity contribution in [1.29, 1.82) is 0 Å². The molecule has 0 unspecified atom stereocenters. The monoisotopic (exact) mass is 284 g/mol. The molecule has 1 rings (SSSR count). The van der Waals surface area contributed by atoms with Gasteiger partial charge in [-0.1, -0.05) is 13.8 Å². The Morgan fingerprint density at radius 2 is 2.00 bits per heavy atom. The first-order valence-corrected chi connectivity index (χ1v) is 8.21. The third-order valence-corrected chi connectivity index (χ3v) is 4.01. The van der Waals surface area contributed by atoms with Crippen molar-refractivity contribution in [2.24, 2.45) is 11.8 Å². The maximum Gasteiger partial charge on any atom is 0.222 e. The molecule has 118 valence electrons. The molecule has 0 saturated carbocycles. The molecule has 0 spiro atoms. The minimum Gasteiger partial charge on any atom is -0.382 e. The van der Waals surface area contributed by atoms with Crippen LogP contribution < -0.4 is 5.32 Å². The third-order valence-electron chi connectivity index (χ3n) is 4.01. The van der Waals surface area contributed by atoms with E-state index in [0.29, 0.717) is 5.92 Å². The quantitative estimate of drug-likeness (QED) is 0.661. The van der Waals surface area contributed by atoms with Gasteiger partial charge in [0, 0.05) is 25.7 Å². The first-order valence-electron chi connectivity index (χ1n) is 8.21. The summed E-state index contributed by atoms with van der Waals surface area (Å²) in [6.07, 6.45) is 4.82. The number of unbranched alkanes of at least 4 members (excludes halogenated alkanes) is 1. The van der Waals surface area contributed by atoms with Crippen LogP contribution in [-0.4, -0.2) is 50.2 Å². The van der Waals surface area contributed by atoms with Gasteiger partial charge in [0.15, 0.2) is 0 Å². The van der Waals surface area contributed by atoms with Gasteiger partial charge in [-0.3, -0.25) is 4.79 Å². The summed E-state index contributed by atoms with van der Waals surface area (Å²) in [4.78, 5) is 14.1. The summed E-state index contributed by atoms with van der Waals surface area (Å²) < 4.78 is 5.35. The van der Waals surface area contributed by atoms with Crippen LogP contribution in [0.15, 0.2) is 0 Å². The van der Waals surface area contributed by atoms with Crippen LogP contribution in [0.3, 0.4) is 0 Å². The van der Waals surface area contributed by atoms with Crippen molar-refractivity contribution in [3.05, 3.63) is 0 Å². The van der Waals surface area contributed by atoms with E-state index in [1.54, 1.807) is 0 Å². The normalized spacial score (nSPS) is 17.6.